The van der Waals surface area contributed by atoms with Crippen LogP contribution in [0.1, 0.15) is 28.6 Å². The molecule has 1 atom stereocenters. The van der Waals surface area contributed by atoms with Gasteiger partial charge in [-0.15, -0.1) is 5.10 Å². The number of rotatable bonds is 4. The first kappa shape index (κ1) is 12.7. The van der Waals surface area contributed by atoms with Crippen molar-refractivity contribution >= 4 is 15.9 Å². The van der Waals surface area contributed by atoms with Gasteiger partial charge in [-0.05, 0) is 30.5 Å². The molecule has 0 amide bonds. The highest BCUT2D eigenvalue weighted by molar-refractivity contribution is 9.09. The van der Waals surface area contributed by atoms with E-state index in [1.807, 2.05) is 10.9 Å². The van der Waals surface area contributed by atoms with Crippen molar-refractivity contribution in [2.75, 3.05) is 6.61 Å². The lowest BCUT2D eigenvalue weighted by Crippen LogP contribution is -2.02. The summed E-state index contributed by atoms with van der Waals surface area (Å²) in [6.45, 7) is 3.72. The van der Waals surface area contributed by atoms with Gasteiger partial charge in [-0.3, -0.25) is 4.68 Å². The first-order valence-corrected chi connectivity index (χ1v) is 7.42. The molecule has 1 aliphatic rings. The Balaban J connectivity index is 1.65. The average Bonchev–Trinajstić information content (AvgIpc) is 3.04. The van der Waals surface area contributed by atoms with Gasteiger partial charge in [0.25, 0.3) is 0 Å². The fourth-order valence-electron chi connectivity index (χ4n) is 2.24. The summed E-state index contributed by atoms with van der Waals surface area (Å²) in [5.41, 5.74) is 3.63. The van der Waals surface area contributed by atoms with Gasteiger partial charge in [0, 0.05) is 19.2 Å². The number of hydrogen-bond donors (Lipinski definition) is 0. The molecule has 2 heterocycles. The summed E-state index contributed by atoms with van der Waals surface area (Å²) in [6.07, 6.45) is 3.99. The number of aryl methyl sites for hydroxylation is 2. The molecule has 4 nitrogen and oxygen atoms in total. The zero-order valence-corrected chi connectivity index (χ0v) is 12.4. The Morgan fingerprint density at radius 2 is 2.37 bits per heavy atom. The van der Waals surface area contributed by atoms with Gasteiger partial charge in [0.1, 0.15) is 5.75 Å². The van der Waals surface area contributed by atoms with Crippen molar-refractivity contribution in [1.29, 1.82) is 0 Å². The second kappa shape index (κ2) is 5.33. The van der Waals surface area contributed by atoms with E-state index in [9.17, 15) is 0 Å². The van der Waals surface area contributed by atoms with Crippen LogP contribution in [0.2, 0.25) is 0 Å². The molecule has 19 heavy (non-hydrogen) atoms. The van der Waals surface area contributed by atoms with Crippen molar-refractivity contribution in [3.05, 3.63) is 41.2 Å². The van der Waals surface area contributed by atoms with E-state index in [0.717, 1.165) is 37.4 Å². The number of halogens is 1. The Morgan fingerprint density at radius 1 is 1.47 bits per heavy atom. The van der Waals surface area contributed by atoms with E-state index in [1.165, 1.54) is 11.1 Å². The summed E-state index contributed by atoms with van der Waals surface area (Å²) >= 11 is 3.50. The first-order chi connectivity index (χ1) is 9.22. The average molecular weight is 322 g/mol. The van der Waals surface area contributed by atoms with Crippen LogP contribution in [0.4, 0.5) is 0 Å². The molecule has 3 rings (SSSR count). The summed E-state index contributed by atoms with van der Waals surface area (Å²) in [5.74, 6) is 1.04. The fourth-order valence-corrected chi connectivity index (χ4v) is 2.45. The van der Waals surface area contributed by atoms with Crippen LogP contribution in [-0.2, 0) is 19.4 Å². The van der Waals surface area contributed by atoms with Crippen molar-refractivity contribution in [3.8, 4) is 5.75 Å². The Kier molecular flexibility index (Phi) is 3.55. The van der Waals surface area contributed by atoms with Crippen LogP contribution in [0, 0.1) is 0 Å². The summed E-state index contributed by atoms with van der Waals surface area (Å²) in [4.78, 5) is 0.249. The van der Waals surface area contributed by atoms with Gasteiger partial charge >= 0.3 is 0 Å². The molecule has 2 aromatic rings. The van der Waals surface area contributed by atoms with Crippen molar-refractivity contribution in [3.63, 3.8) is 0 Å². The largest absolute Gasteiger partial charge is 0.493 e. The van der Waals surface area contributed by atoms with Gasteiger partial charge in [0.05, 0.1) is 17.1 Å². The number of hydrogen-bond acceptors (Lipinski definition) is 3. The maximum Gasteiger partial charge on any atom is 0.122 e. The molecule has 0 fully saturated rings. The van der Waals surface area contributed by atoms with Crippen molar-refractivity contribution < 1.29 is 4.74 Å². The SMILES string of the molecule is CC(Br)c1cn(CCc2ccc3c(c2)CCO3)nn1. The maximum absolute atomic E-state index is 5.51. The van der Waals surface area contributed by atoms with Gasteiger partial charge in [-0.2, -0.15) is 0 Å². The molecular formula is C14H16BrN3O. The topological polar surface area (TPSA) is 39.9 Å². The Morgan fingerprint density at radius 3 is 3.16 bits per heavy atom. The lowest BCUT2D eigenvalue weighted by molar-refractivity contribution is 0.357. The third-order valence-electron chi connectivity index (χ3n) is 3.35. The summed E-state index contributed by atoms with van der Waals surface area (Å²) in [7, 11) is 0. The van der Waals surface area contributed by atoms with Crippen LogP contribution in [-0.4, -0.2) is 21.6 Å². The summed E-state index contributed by atoms with van der Waals surface area (Å²) < 4.78 is 7.41. The fraction of sp³-hybridized carbons (Fsp3) is 0.429. The van der Waals surface area contributed by atoms with E-state index in [4.69, 9.17) is 4.74 Å². The number of aromatic nitrogens is 3. The van der Waals surface area contributed by atoms with Gasteiger partial charge in [-0.25, -0.2) is 0 Å². The lowest BCUT2D eigenvalue weighted by atomic mass is 10.1. The van der Waals surface area contributed by atoms with E-state index >= 15 is 0 Å². The maximum atomic E-state index is 5.51. The highest BCUT2D eigenvalue weighted by Gasteiger charge is 2.12. The number of nitrogens with zero attached hydrogens (tertiary/aromatic N) is 3. The quantitative estimate of drug-likeness (QED) is 0.813. The molecule has 0 radical (unpaired) electrons. The molecule has 0 saturated carbocycles. The zero-order chi connectivity index (χ0) is 13.2. The second-order valence-corrected chi connectivity index (χ2v) is 6.19. The molecule has 100 valence electrons. The highest BCUT2D eigenvalue weighted by Crippen LogP contribution is 2.26. The number of benzene rings is 1. The lowest BCUT2D eigenvalue weighted by Gasteiger charge is -2.04. The molecule has 1 unspecified atom stereocenters. The Labute approximate surface area is 120 Å². The number of ether oxygens (including phenoxy) is 1. The Bertz CT molecular complexity index is 580. The van der Waals surface area contributed by atoms with Crippen LogP contribution >= 0.6 is 15.9 Å². The minimum Gasteiger partial charge on any atom is -0.493 e. The molecule has 0 bridgehead atoms. The Hall–Kier alpha value is -1.36. The van der Waals surface area contributed by atoms with E-state index in [-0.39, 0.29) is 4.83 Å². The minimum atomic E-state index is 0.249. The van der Waals surface area contributed by atoms with Crippen LogP contribution in [0.3, 0.4) is 0 Å². The number of alkyl halides is 1. The summed E-state index contributed by atoms with van der Waals surface area (Å²) in [5, 5.41) is 8.27. The molecule has 5 heteroatoms. The predicted molar refractivity (Wildman–Crippen MR) is 76.7 cm³/mol. The van der Waals surface area contributed by atoms with Crippen molar-refractivity contribution in [2.45, 2.75) is 31.1 Å². The molecule has 0 saturated heterocycles. The smallest absolute Gasteiger partial charge is 0.122 e. The standard InChI is InChI=1S/C14H16BrN3O/c1-10(15)13-9-18(17-16-13)6-4-11-2-3-14-12(8-11)5-7-19-14/h2-3,8-10H,4-7H2,1H3. The van der Waals surface area contributed by atoms with E-state index in [2.05, 4.69) is 51.4 Å². The van der Waals surface area contributed by atoms with Crippen molar-refractivity contribution in [1.82, 2.24) is 15.0 Å². The van der Waals surface area contributed by atoms with Crippen molar-refractivity contribution in [2.24, 2.45) is 0 Å². The summed E-state index contributed by atoms with van der Waals surface area (Å²) in [6, 6.07) is 6.45. The highest BCUT2D eigenvalue weighted by atomic mass is 79.9. The third-order valence-corrected chi connectivity index (χ3v) is 3.82. The molecule has 1 aromatic heterocycles. The zero-order valence-electron chi connectivity index (χ0n) is 10.8. The van der Waals surface area contributed by atoms with E-state index in [1.54, 1.807) is 0 Å². The molecule has 1 aliphatic heterocycles. The monoisotopic (exact) mass is 321 g/mol. The normalized spacial score (nSPS) is 15.1. The number of fused-ring (bicyclic) bond motifs is 1. The van der Waals surface area contributed by atoms with Gasteiger partial charge < -0.3 is 4.74 Å². The second-order valence-electron chi connectivity index (χ2n) is 4.81. The molecular weight excluding hydrogens is 306 g/mol. The minimum absolute atomic E-state index is 0.249. The molecule has 0 spiro atoms. The first-order valence-electron chi connectivity index (χ1n) is 6.51. The van der Waals surface area contributed by atoms with E-state index < -0.39 is 0 Å². The van der Waals surface area contributed by atoms with E-state index in [0.29, 0.717) is 0 Å². The molecule has 1 aromatic carbocycles. The third kappa shape index (κ3) is 2.81. The molecule has 0 aliphatic carbocycles. The van der Waals surface area contributed by atoms with Gasteiger partial charge in [0.2, 0.25) is 0 Å². The van der Waals surface area contributed by atoms with Crippen LogP contribution in [0.25, 0.3) is 0 Å². The molecule has 0 N–H and O–H groups in total. The van der Waals surface area contributed by atoms with Crippen LogP contribution in [0.5, 0.6) is 5.75 Å². The van der Waals surface area contributed by atoms with Crippen LogP contribution < -0.4 is 4.74 Å². The van der Waals surface area contributed by atoms with Gasteiger partial charge in [0.15, 0.2) is 0 Å². The van der Waals surface area contributed by atoms with Crippen LogP contribution in [0.15, 0.2) is 24.4 Å². The van der Waals surface area contributed by atoms with Gasteiger partial charge in [-0.1, -0.05) is 33.3 Å². The predicted octanol–water partition coefficient (Wildman–Crippen LogP) is 2.91.